The van der Waals surface area contributed by atoms with Crippen molar-refractivity contribution in [2.75, 3.05) is 0 Å². The van der Waals surface area contributed by atoms with Gasteiger partial charge in [-0.1, -0.05) is 114 Å². The first-order valence-corrected chi connectivity index (χ1v) is 17.7. The molecule has 0 aliphatic heterocycles. The highest BCUT2D eigenvalue weighted by Gasteiger charge is 2.47. The van der Waals surface area contributed by atoms with Crippen LogP contribution in [0.2, 0.25) is 16.6 Å². The van der Waals surface area contributed by atoms with Crippen LogP contribution in [0, 0.1) is 0 Å². The first kappa shape index (κ1) is 31.5. The summed E-state index contributed by atoms with van der Waals surface area (Å²) < 4.78 is 12.9. The third-order valence-electron chi connectivity index (χ3n) is 7.91. The lowest BCUT2D eigenvalue weighted by Gasteiger charge is -2.42. The van der Waals surface area contributed by atoms with Crippen molar-refractivity contribution in [2.24, 2.45) is 0 Å². The van der Waals surface area contributed by atoms with E-state index >= 15 is 0 Å². The summed E-state index contributed by atoms with van der Waals surface area (Å²) in [5.41, 5.74) is 3.90. The lowest BCUT2D eigenvalue weighted by atomic mass is 10.0. The molecule has 0 bridgehead atoms. The van der Waals surface area contributed by atoms with Crippen LogP contribution in [0.15, 0.2) is 108 Å². The summed E-state index contributed by atoms with van der Waals surface area (Å²) in [5, 5.41) is 10.2. The first-order chi connectivity index (χ1) is 20.1. The average molecular weight is 599 g/mol. The van der Waals surface area contributed by atoms with Gasteiger partial charge in [-0.2, -0.15) is 0 Å². The number of Topliss-reactive ketones (excluding diaryl/α,β-unsaturated/α-hetero) is 1. The highest BCUT2D eigenvalue weighted by atomic mass is 32.2. The highest BCUT2D eigenvalue weighted by molar-refractivity contribution is 8.00. The van der Waals surface area contributed by atoms with Crippen molar-refractivity contribution in [3.63, 3.8) is 0 Å². The van der Waals surface area contributed by atoms with Gasteiger partial charge in [0.25, 0.3) is 8.32 Å². The molecular formula is C36H42O4SSi. The van der Waals surface area contributed by atoms with Gasteiger partial charge in [0.1, 0.15) is 23.9 Å². The van der Waals surface area contributed by atoms with Crippen molar-refractivity contribution in [3.8, 4) is 17.2 Å². The maximum absolute atomic E-state index is 13.9. The summed E-state index contributed by atoms with van der Waals surface area (Å²) in [6.45, 7) is 14.1. The number of thioether (sulfide) groups is 1. The molecule has 0 aromatic heterocycles. The second-order valence-corrected chi connectivity index (χ2v) is 18.1. The van der Waals surface area contributed by atoms with Gasteiger partial charge in [0.15, 0.2) is 5.78 Å². The van der Waals surface area contributed by atoms with E-state index in [1.54, 1.807) is 18.2 Å². The molecule has 220 valence electrons. The Balaban J connectivity index is 1.63. The summed E-state index contributed by atoms with van der Waals surface area (Å²) in [6.07, 6.45) is 0. The van der Waals surface area contributed by atoms with Crippen LogP contribution in [0.3, 0.4) is 0 Å². The quantitative estimate of drug-likeness (QED) is 0.0943. The minimum absolute atomic E-state index is 0.0282. The number of benzene rings is 4. The Morgan fingerprint density at radius 1 is 0.738 bits per heavy atom. The lowest BCUT2D eigenvalue weighted by molar-refractivity contribution is 0.0989. The monoisotopic (exact) mass is 598 g/mol. The van der Waals surface area contributed by atoms with Crippen molar-refractivity contribution in [1.82, 2.24) is 0 Å². The third kappa shape index (κ3) is 7.29. The number of rotatable bonds is 13. The second kappa shape index (κ2) is 14.1. The van der Waals surface area contributed by atoms with E-state index < -0.39 is 13.6 Å². The zero-order valence-corrected chi connectivity index (χ0v) is 27.2. The molecule has 4 aromatic carbocycles. The summed E-state index contributed by atoms with van der Waals surface area (Å²) >= 11 is 1.33. The molecule has 0 amide bonds. The van der Waals surface area contributed by atoms with Crippen molar-refractivity contribution >= 4 is 25.9 Å². The summed E-state index contributed by atoms with van der Waals surface area (Å²) in [6, 6.07) is 32.4. The van der Waals surface area contributed by atoms with Crippen molar-refractivity contribution in [1.29, 1.82) is 0 Å². The van der Waals surface area contributed by atoms with Gasteiger partial charge >= 0.3 is 0 Å². The Morgan fingerprint density at radius 3 is 1.86 bits per heavy atom. The molecule has 4 nitrogen and oxygen atoms in total. The maximum atomic E-state index is 13.9. The fourth-order valence-electron chi connectivity index (χ4n) is 5.84. The summed E-state index contributed by atoms with van der Waals surface area (Å²) in [5.74, 6) is 1.56. The molecule has 1 N–H and O–H groups in total. The van der Waals surface area contributed by atoms with E-state index in [2.05, 4.69) is 41.5 Å². The van der Waals surface area contributed by atoms with Crippen LogP contribution >= 0.6 is 11.8 Å². The van der Waals surface area contributed by atoms with Gasteiger partial charge in [-0.15, -0.1) is 11.8 Å². The number of phenolic OH excluding ortho intramolecular Hbond substituents is 1. The molecule has 0 saturated heterocycles. The molecule has 0 heterocycles. The van der Waals surface area contributed by atoms with E-state index in [9.17, 15) is 9.90 Å². The second-order valence-electron chi connectivity index (χ2n) is 11.6. The van der Waals surface area contributed by atoms with Crippen LogP contribution in [0.4, 0.5) is 0 Å². The number of carbonyl (C=O) groups excluding carboxylic acids is 1. The molecule has 0 saturated carbocycles. The lowest BCUT2D eigenvalue weighted by Crippen LogP contribution is -2.50. The fraction of sp³-hybridized carbons (Fsp3) is 0.306. The molecule has 0 radical (unpaired) electrons. The minimum atomic E-state index is -2.11. The Labute approximate surface area is 256 Å². The molecule has 4 aromatic rings. The number of ether oxygens (including phenoxy) is 1. The van der Waals surface area contributed by atoms with Crippen LogP contribution in [0.25, 0.3) is 0 Å². The SMILES string of the molecule is CC(C)[Si](Oc1ccc(C(Sc2cc(OCc3ccccc3)ccc2O)C(=O)c2ccccc2)cc1)(C(C)C)C(C)C. The standard InChI is InChI=1S/C36H42O4SSi/c1-25(2)42(26(3)4,27(5)6)40-31-19-17-30(18-20-31)36(35(38)29-15-11-8-12-16-29)41-34-23-32(21-22-33(34)37)39-24-28-13-9-7-10-14-28/h7-23,25-27,36-37H,24H2,1-6H3. The molecule has 6 heteroatoms. The molecule has 0 spiro atoms. The van der Waals surface area contributed by atoms with Gasteiger partial charge in [-0.3, -0.25) is 4.79 Å². The molecule has 0 aliphatic carbocycles. The summed E-state index contributed by atoms with van der Waals surface area (Å²) in [4.78, 5) is 14.5. The van der Waals surface area contributed by atoms with Crippen molar-refractivity contribution in [3.05, 3.63) is 120 Å². The Hall–Kier alpha value is -3.48. The Kier molecular flexibility index (Phi) is 10.6. The number of aromatic hydroxyl groups is 1. The average Bonchev–Trinajstić information content (AvgIpc) is 2.99. The zero-order chi connectivity index (χ0) is 30.3. The molecule has 1 atom stereocenters. The maximum Gasteiger partial charge on any atom is 0.258 e. The summed E-state index contributed by atoms with van der Waals surface area (Å²) in [7, 11) is -2.11. The van der Waals surface area contributed by atoms with Crippen molar-refractivity contribution in [2.45, 2.75) is 74.9 Å². The molecule has 0 fully saturated rings. The normalized spacial score (nSPS) is 12.5. The minimum Gasteiger partial charge on any atom is -0.543 e. The van der Waals surface area contributed by atoms with Gasteiger partial charge in [0.05, 0.1) is 10.1 Å². The van der Waals surface area contributed by atoms with Crippen LogP contribution in [-0.4, -0.2) is 19.2 Å². The van der Waals surface area contributed by atoms with Crippen LogP contribution < -0.4 is 9.16 Å². The largest absolute Gasteiger partial charge is 0.543 e. The first-order valence-electron chi connectivity index (χ1n) is 14.7. The van der Waals surface area contributed by atoms with E-state index in [-0.39, 0.29) is 11.5 Å². The predicted molar refractivity (Wildman–Crippen MR) is 176 cm³/mol. The van der Waals surface area contributed by atoms with Crippen molar-refractivity contribution < 1.29 is 19.1 Å². The fourth-order valence-corrected chi connectivity index (χ4v) is 12.3. The van der Waals surface area contributed by atoms with Gasteiger partial charge in [-0.05, 0) is 58.1 Å². The van der Waals surface area contributed by atoms with Gasteiger partial charge in [0.2, 0.25) is 0 Å². The van der Waals surface area contributed by atoms with Gasteiger partial charge in [-0.25, -0.2) is 0 Å². The number of carbonyl (C=O) groups is 1. The van der Waals surface area contributed by atoms with E-state index in [0.717, 1.165) is 16.9 Å². The van der Waals surface area contributed by atoms with E-state index in [1.807, 2.05) is 84.9 Å². The molecule has 42 heavy (non-hydrogen) atoms. The van der Waals surface area contributed by atoms with Crippen LogP contribution in [0.1, 0.15) is 68.3 Å². The van der Waals surface area contributed by atoms with Crippen LogP contribution in [-0.2, 0) is 6.61 Å². The third-order valence-corrected chi connectivity index (χ3v) is 15.2. The van der Waals surface area contributed by atoms with E-state index in [1.165, 1.54) is 11.8 Å². The van der Waals surface area contributed by atoms with Gasteiger partial charge in [0, 0.05) is 5.56 Å². The van der Waals surface area contributed by atoms with E-state index in [0.29, 0.717) is 39.4 Å². The Morgan fingerprint density at radius 2 is 1.29 bits per heavy atom. The highest BCUT2D eigenvalue weighted by Crippen LogP contribution is 2.45. The molecular weight excluding hydrogens is 557 g/mol. The molecule has 1 unspecified atom stereocenters. The smallest absolute Gasteiger partial charge is 0.258 e. The molecule has 4 rings (SSSR count). The predicted octanol–water partition coefficient (Wildman–Crippen LogP) is 10.2. The van der Waals surface area contributed by atoms with E-state index in [4.69, 9.17) is 9.16 Å². The molecule has 0 aliphatic rings. The number of hydrogen-bond acceptors (Lipinski definition) is 5. The zero-order valence-electron chi connectivity index (χ0n) is 25.4. The van der Waals surface area contributed by atoms with Gasteiger partial charge < -0.3 is 14.3 Å². The van der Waals surface area contributed by atoms with Crippen LogP contribution in [0.5, 0.6) is 17.2 Å². The topological polar surface area (TPSA) is 55.8 Å². The number of hydrogen-bond donors (Lipinski definition) is 1. The number of phenols is 1. The Bertz CT molecular complexity index is 1410. The number of ketones is 1.